The van der Waals surface area contributed by atoms with E-state index in [1.54, 1.807) is 6.20 Å². The predicted molar refractivity (Wildman–Crippen MR) is 98.2 cm³/mol. The molecule has 1 saturated heterocycles. The summed E-state index contributed by atoms with van der Waals surface area (Å²) >= 11 is 0. The van der Waals surface area contributed by atoms with Gasteiger partial charge in [-0.15, -0.1) is 0 Å². The van der Waals surface area contributed by atoms with Crippen molar-refractivity contribution in [1.82, 2.24) is 15.2 Å². The van der Waals surface area contributed by atoms with Crippen LogP contribution in [-0.2, 0) is 11.2 Å². The molecule has 0 bridgehead atoms. The molecule has 0 saturated carbocycles. The number of likely N-dealkylation sites (tertiary alicyclic amines) is 1. The number of hydrogen-bond acceptors (Lipinski definition) is 4. The Labute approximate surface area is 149 Å². The molecule has 2 heterocycles. The highest BCUT2D eigenvalue weighted by Gasteiger charge is 2.18. The normalized spacial score (nSPS) is 16.0. The van der Waals surface area contributed by atoms with Gasteiger partial charge in [-0.25, -0.2) is 4.98 Å². The summed E-state index contributed by atoms with van der Waals surface area (Å²) in [4.78, 5) is 19.0. The first-order valence-corrected chi connectivity index (χ1v) is 9.26. The second-order valence-electron chi connectivity index (χ2n) is 6.66. The van der Waals surface area contributed by atoms with Gasteiger partial charge in [0, 0.05) is 31.0 Å². The van der Waals surface area contributed by atoms with Gasteiger partial charge in [0.05, 0.1) is 6.20 Å². The van der Waals surface area contributed by atoms with Gasteiger partial charge in [0.15, 0.2) is 11.7 Å². The maximum absolute atomic E-state index is 12.2. The second kappa shape index (κ2) is 8.81. The number of aryl methyl sites for hydroxylation is 1. The lowest BCUT2D eigenvalue weighted by atomic mass is 10.2. The molecule has 1 aromatic heterocycles. The summed E-state index contributed by atoms with van der Waals surface area (Å²) in [7, 11) is 0. The lowest BCUT2D eigenvalue weighted by molar-refractivity contribution is -0.122. The maximum atomic E-state index is 12.2. The summed E-state index contributed by atoms with van der Waals surface area (Å²) < 4.78 is 5.76. The van der Waals surface area contributed by atoms with Gasteiger partial charge in [-0.05, 0) is 32.4 Å². The molecular formula is C20H27N3O2. The predicted octanol–water partition coefficient (Wildman–Crippen LogP) is 3.26. The standard InChI is InChI=1S/C20H27N3O2/c1-2-17(15-23-12-6-7-13-23)22-19(24)10-11-20-21-14-18(25-20)16-8-4-3-5-9-16/h3-5,8-9,14,17H,2,6-7,10-13,15H2,1H3,(H,22,24)/t17-/m0/s1. The van der Waals surface area contributed by atoms with Crippen LogP contribution in [0.25, 0.3) is 11.3 Å². The molecule has 0 spiro atoms. The van der Waals surface area contributed by atoms with Crippen molar-refractivity contribution in [3.05, 3.63) is 42.4 Å². The van der Waals surface area contributed by atoms with Crippen molar-refractivity contribution in [1.29, 1.82) is 0 Å². The molecule has 1 atom stereocenters. The highest BCUT2D eigenvalue weighted by Crippen LogP contribution is 2.20. The van der Waals surface area contributed by atoms with Gasteiger partial charge in [-0.3, -0.25) is 4.79 Å². The van der Waals surface area contributed by atoms with Crippen LogP contribution < -0.4 is 5.32 Å². The summed E-state index contributed by atoms with van der Waals surface area (Å²) in [5, 5.41) is 3.15. The Balaban J connectivity index is 1.46. The Kier molecular flexibility index (Phi) is 6.23. The molecule has 1 aromatic carbocycles. The van der Waals surface area contributed by atoms with Crippen molar-refractivity contribution >= 4 is 5.91 Å². The molecule has 5 nitrogen and oxygen atoms in total. The van der Waals surface area contributed by atoms with E-state index >= 15 is 0 Å². The Morgan fingerprint density at radius 2 is 2.04 bits per heavy atom. The highest BCUT2D eigenvalue weighted by molar-refractivity contribution is 5.76. The first kappa shape index (κ1) is 17.7. The van der Waals surface area contributed by atoms with E-state index in [4.69, 9.17) is 4.42 Å². The first-order valence-electron chi connectivity index (χ1n) is 9.26. The quantitative estimate of drug-likeness (QED) is 0.801. The molecule has 2 aromatic rings. The molecule has 1 fully saturated rings. The van der Waals surface area contributed by atoms with Gasteiger partial charge in [0.1, 0.15) is 0 Å². The largest absolute Gasteiger partial charge is 0.441 e. The van der Waals surface area contributed by atoms with Crippen molar-refractivity contribution < 1.29 is 9.21 Å². The lowest BCUT2D eigenvalue weighted by Crippen LogP contribution is -2.42. The molecule has 1 aliphatic heterocycles. The molecule has 1 amide bonds. The van der Waals surface area contributed by atoms with Crippen LogP contribution in [-0.4, -0.2) is 41.5 Å². The third-order valence-electron chi connectivity index (χ3n) is 4.71. The van der Waals surface area contributed by atoms with Crippen molar-refractivity contribution in [3.8, 4) is 11.3 Å². The molecule has 25 heavy (non-hydrogen) atoms. The van der Waals surface area contributed by atoms with Crippen molar-refractivity contribution in [2.45, 2.75) is 45.1 Å². The fraction of sp³-hybridized carbons (Fsp3) is 0.500. The minimum absolute atomic E-state index is 0.0745. The van der Waals surface area contributed by atoms with E-state index in [-0.39, 0.29) is 11.9 Å². The number of carbonyl (C=O) groups excluding carboxylic acids is 1. The molecule has 0 aliphatic carbocycles. The Morgan fingerprint density at radius 1 is 1.28 bits per heavy atom. The van der Waals surface area contributed by atoms with Gasteiger partial charge in [-0.1, -0.05) is 37.3 Å². The number of carbonyl (C=O) groups is 1. The van der Waals surface area contributed by atoms with E-state index in [0.717, 1.165) is 37.4 Å². The van der Waals surface area contributed by atoms with E-state index in [1.165, 1.54) is 12.8 Å². The fourth-order valence-corrected chi connectivity index (χ4v) is 3.24. The summed E-state index contributed by atoms with van der Waals surface area (Å²) in [5.41, 5.74) is 1.00. The van der Waals surface area contributed by atoms with Crippen LogP contribution in [0.2, 0.25) is 0 Å². The first-order chi connectivity index (χ1) is 12.2. The molecule has 5 heteroatoms. The maximum Gasteiger partial charge on any atom is 0.220 e. The zero-order valence-electron chi connectivity index (χ0n) is 14.9. The third kappa shape index (κ3) is 5.16. The van der Waals surface area contributed by atoms with Gasteiger partial charge in [-0.2, -0.15) is 0 Å². The molecule has 134 valence electrons. The average Bonchev–Trinajstić information content (AvgIpc) is 3.32. The van der Waals surface area contributed by atoms with Gasteiger partial charge in [0.25, 0.3) is 0 Å². The van der Waals surface area contributed by atoms with Crippen LogP contribution in [0, 0.1) is 0 Å². The molecule has 1 N–H and O–H groups in total. The SMILES string of the molecule is CC[C@@H](CN1CCCC1)NC(=O)CCc1ncc(-c2ccccc2)o1. The average molecular weight is 341 g/mol. The molecule has 0 unspecified atom stereocenters. The van der Waals surface area contributed by atoms with E-state index in [0.29, 0.717) is 18.7 Å². The number of amides is 1. The van der Waals surface area contributed by atoms with Crippen LogP contribution >= 0.6 is 0 Å². The topological polar surface area (TPSA) is 58.4 Å². The Morgan fingerprint density at radius 3 is 2.76 bits per heavy atom. The van der Waals surface area contributed by atoms with Gasteiger partial charge >= 0.3 is 0 Å². The van der Waals surface area contributed by atoms with Crippen molar-refractivity contribution in [3.63, 3.8) is 0 Å². The number of nitrogens with zero attached hydrogens (tertiary/aromatic N) is 2. The minimum Gasteiger partial charge on any atom is -0.441 e. The molecular weight excluding hydrogens is 314 g/mol. The third-order valence-corrected chi connectivity index (χ3v) is 4.71. The number of hydrogen-bond donors (Lipinski definition) is 1. The van der Waals surface area contributed by atoms with E-state index in [1.807, 2.05) is 30.3 Å². The highest BCUT2D eigenvalue weighted by atomic mass is 16.4. The summed E-state index contributed by atoms with van der Waals surface area (Å²) in [6.45, 7) is 5.40. The van der Waals surface area contributed by atoms with Crippen LogP contribution in [0.3, 0.4) is 0 Å². The lowest BCUT2D eigenvalue weighted by Gasteiger charge is -2.23. The Bertz CT molecular complexity index is 663. The monoisotopic (exact) mass is 341 g/mol. The number of benzene rings is 1. The number of oxazole rings is 1. The smallest absolute Gasteiger partial charge is 0.220 e. The summed E-state index contributed by atoms with van der Waals surface area (Å²) in [6.07, 6.45) is 6.17. The number of rotatable bonds is 8. The van der Waals surface area contributed by atoms with Gasteiger partial charge in [0.2, 0.25) is 5.91 Å². The van der Waals surface area contributed by atoms with Crippen LogP contribution in [0.15, 0.2) is 40.9 Å². The van der Waals surface area contributed by atoms with Crippen LogP contribution in [0.1, 0.15) is 38.5 Å². The van der Waals surface area contributed by atoms with E-state index < -0.39 is 0 Å². The second-order valence-corrected chi connectivity index (χ2v) is 6.66. The van der Waals surface area contributed by atoms with Crippen LogP contribution in [0.5, 0.6) is 0 Å². The number of nitrogens with one attached hydrogen (secondary N) is 1. The molecule has 0 radical (unpaired) electrons. The fourth-order valence-electron chi connectivity index (χ4n) is 3.24. The van der Waals surface area contributed by atoms with E-state index in [2.05, 4.69) is 22.1 Å². The Hall–Kier alpha value is -2.14. The molecule has 3 rings (SSSR count). The summed E-state index contributed by atoms with van der Waals surface area (Å²) in [5.74, 6) is 1.43. The van der Waals surface area contributed by atoms with Crippen molar-refractivity contribution in [2.75, 3.05) is 19.6 Å². The van der Waals surface area contributed by atoms with E-state index in [9.17, 15) is 4.79 Å². The molecule has 1 aliphatic rings. The van der Waals surface area contributed by atoms with Crippen molar-refractivity contribution in [2.24, 2.45) is 0 Å². The number of aromatic nitrogens is 1. The van der Waals surface area contributed by atoms with Crippen LogP contribution in [0.4, 0.5) is 0 Å². The zero-order chi connectivity index (χ0) is 17.5. The minimum atomic E-state index is 0.0745. The summed E-state index contributed by atoms with van der Waals surface area (Å²) in [6, 6.07) is 10.1. The zero-order valence-corrected chi connectivity index (χ0v) is 14.9. The van der Waals surface area contributed by atoms with Gasteiger partial charge < -0.3 is 14.6 Å².